The highest BCUT2D eigenvalue weighted by atomic mass is 16.1. The minimum atomic E-state index is 0.0181. The summed E-state index contributed by atoms with van der Waals surface area (Å²) in [6.45, 7) is 0.953. The topological polar surface area (TPSA) is 50.6 Å². The van der Waals surface area contributed by atoms with Crippen molar-refractivity contribution in [1.82, 2.24) is 4.90 Å². The van der Waals surface area contributed by atoms with Crippen molar-refractivity contribution < 1.29 is 4.79 Å². The molecular formula is C21H22N4O. The van der Waals surface area contributed by atoms with Gasteiger partial charge in [-0.3, -0.25) is 10.2 Å². The number of rotatable bonds is 3. The maximum absolute atomic E-state index is 12.7. The minimum Gasteiger partial charge on any atom is -0.348 e. The first-order chi connectivity index (χ1) is 12.6. The summed E-state index contributed by atoms with van der Waals surface area (Å²) in [4.78, 5) is 18.6. The van der Waals surface area contributed by atoms with Gasteiger partial charge in [0.05, 0.1) is 17.9 Å². The Kier molecular flexibility index (Phi) is 3.99. The van der Waals surface area contributed by atoms with Gasteiger partial charge in [0.25, 0.3) is 0 Å². The fourth-order valence-electron chi connectivity index (χ4n) is 3.77. The highest BCUT2D eigenvalue weighted by Crippen LogP contribution is 2.41. The van der Waals surface area contributed by atoms with Crippen molar-refractivity contribution >= 4 is 23.0 Å². The molecule has 1 N–H and O–H groups in total. The molecule has 2 aromatic carbocycles. The van der Waals surface area contributed by atoms with E-state index in [0.717, 1.165) is 23.6 Å². The molecule has 2 heterocycles. The molecule has 0 atom stereocenters. The van der Waals surface area contributed by atoms with Crippen LogP contribution in [0.4, 0.5) is 11.4 Å². The van der Waals surface area contributed by atoms with E-state index < -0.39 is 0 Å². The summed E-state index contributed by atoms with van der Waals surface area (Å²) < 4.78 is 0. The Hall–Kier alpha value is -3.08. The maximum atomic E-state index is 12.7. The summed E-state index contributed by atoms with van der Waals surface area (Å²) in [6.07, 6.45) is 0.824. The van der Waals surface area contributed by atoms with Gasteiger partial charge in [-0.15, -0.1) is 0 Å². The van der Waals surface area contributed by atoms with E-state index in [-0.39, 0.29) is 12.3 Å². The quantitative estimate of drug-likeness (QED) is 0.869. The average Bonchev–Trinajstić information content (AvgIpc) is 3.08. The molecule has 0 bridgehead atoms. The van der Waals surface area contributed by atoms with Crippen LogP contribution in [0.3, 0.4) is 0 Å². The molecule has 0 radical (unpaired) electrons. The molecular weight excluding hydrogens is 324 g/mol. The molecule has 2 aliphatic rings. The standard InChI is InChI=1S/C21H22N4O/c1-23-16-10-6-7-11-17(16)24(2)21(23)19-18(26)14-25(20(19)22)13-12-15-8-4-3-5-9-15/h3-11,22H,12-14H2,1-2H3. The second kappa shape index (κ2) is 6.33. The van der Waals surface area contributed by atoms with Crippen LogP contribution in [0.5, 0.6) is 0 Å². The fraction of sp³-hybridized carbons (Fsp3) is 0.238. The molecule has 4 rings (SSSR count). The van der Waals surface area contributed by atoms with Crippen LogP contribution in [-0.2, 0) is 11.2 Å². The lowest BCUT2D eigenvalue weighted by Gasteiger charge is -2.22. The highest BCUT2D eigenvalue weighted by molar-refractivity contribution is 6.27. The van der Waals surface area contributed by atoms with E-state index in [4.69, 9.17) is 5.41 Å². The zero-order valence-corrected chi connectivity index (χ0v) is 15.1. The van der Waals surface area contributed by atoms with E-state index >= 15 is 0 Å². The lowest BCUT2D eigenvalue weighted by molar-refractivity contribution is -0.114. The van der Waals surface area contributed by atoms with Crippen molar-refractivity contribution in [3.63, 3.8) is 0 Å². The van der Waals surface area contributed by atoms with Gasteiger partial charge in [-0.25, -0.2) is 0 Å². The number of nitrogens with zero attached hydrogens (tertiary/aromatic N) is 3. The number of carbonyl (C=O) groups excluding carboxylic acids is 1. The van der Waals surface area contributed by atoms with Crippen LogP contribution in [0.25, 0.3) is 0 Å². The van der Waals surface area contributed by atoms with Gasteiger partial charge in [-0.2, -0.15) is 0 Å². The lowest BCUT2D eigenvalue weighted by Crippen LogP contribution is -2.30. The number of hydrogen-bond donors (Lipinski definition) is 1. The Morgan fingerprint density at radius 2 is 1.50 bits per heavy atom. The van der Waals surface area contributed by atoms with E-state index in [1.54, 1.807) is 0 Å². The molecule has 5 nitrogen and oxygen atoms in total. The number of likely N-dealkylation sites (tertiary alicyclic amines) is 1. The van der Waals surface area contributed by atoms with Gasteiger partial charge >= 0.3 is 0 Å². The van der Waals surface area contributed by atoms with E-state index in [1.165, 1.54) is 5.56 Å². The third-order valence-corrected chi connectivity index (χ3v) is 5.14. The Morgan fingerprint density at radius 1 is 0.923 bits per heavy atom. The number of ketones is 1. The number of hydrogen-bond acceptors (Lipinski definition) is 4. The first-order valence-corrected chi connectivity index (χ1v) is 8.79. The van der Waals surface area contributed by atoms with Gasteiger partial charge in [-0.05, 0) is 24.1 Å². The molecule has 0 aromatic heterocycles. The normalized spacial score (nSPS) is 16.8. The SMILES string of the molecule is CN1C(=C2C(=N)N(CCc3ccccc3)CC2=O)N(C)c2ccccc21. The van der Waals surface area contributed by atoms with Crippen molar-refractivity contribution in [3.05, 3.63) is 71.6 Å². The molecule has 1 fully saturated rings. The number of fused-ring (bicyclic) bond motifs is 1. The first kappa shape index (κ1) is 16.4. The second-order valence-electron chi connectivity index (χ2n) is 6.73. The lowest BCUT2D eigenvalue weighted by atomic mass is 10.1. The van der Waals surface area contributed by atoms with E-state index in [2.05, 4.69) is 12.1 Å². The van der Waals surface area contributed by atoms with Crippen LogP contribution < -0.4 is 9.80 Å². The zero-order chi connectivity index (χ0) is 18.3. The van der Waals surface area contributed by atoms with Gasteiger partial charge in [0.15, 0.2) is 5.78 Å². The van der Waals surface area contributed by atoms with E-state index in [1.807, 2.05) is 71.3 Å². The van der Waals surface area contributed by atoms with Crippen LogP contribution in [0.15, 0.2) is 66.0 Å². The smallest absolute Gasteiger partial charge is 0.189 e. The van der Waals surface area contributed by atoms with Crippen molar-refractivity contribution in [2.24, 2.45) is 0 Å². The van der Waals surface area contributed by atoms with Gasteiger partial charge in [0, 0.05) is 20.6 Å². The number of benzene rings is 2. The van der Waals surface area contributed by atoms with Crippen LogP contribution in [0.1, 0.15) is 5.56 Å². The summed E-state index contributed by atoms with van der Waals surface area (Å²) in [6, 6.07) is 18.2. The van der Waals surface area contributed by atoms with Gasteiger partial charge in [0.1, 0.15) is 17.2 Å². The van der Waals surface area contributed by atoms with Gasteiger partial charge in [0.2, 0.25) is 0 Å². The van der Waals surface area contributed by atoms with Crippen molar-refractivity contribution in [1.29, 1.82) is 5.41 Å². The van der Waals surface area contributed by atoms with E-state index in [0.29, 0.717) is 18.0 Å². The molecule has 0 spiro atoms. The van der Waals surface area contributed by atoms with E-state index in [9.17, 15) is 4.79 Å². The molecule has 0 unspecified atom stereocenters. The monoisotopic (exact) mass is 346 g/mol. The number of carbonyl (C=O) groups is 1. The van der Waals surface area contributed by atoms with Gasteiger partial charge < -0.3 is 14.7 Å². The summed E-state index contributed by atoms with van der Waals surface area (Å²) in [5, 5.41) is 8.61. The Balaban J connectivity index is 1.61. The molecule has 0 aliphatic carbocycles. The third kappa shape index (κ3) is 2.56. The van der Waals surface area contributed by atoms with Crippen molar-refractivity contribution in [2.45, 2.75) is 6.42 Å². The summed E-state index contributed by atoms with van der Waals surface area (Å²) in [7, 11) is 3.91. The van der Waals surface area contributed by atoms with Crippen LogP contribution >= 0.6 is 0 Å². The molecule has 0 saturated carbocycles. The molecule has 132 valence electrons. The van der Waals surface area contributed by atoms with Crippen LogP contribution in [0.2, 0.25) is 0 Å². The largest absolute Gasteiger partial charge is 0.348 e. The predicted octanol–water partition coefficient (Wildman–Crippen LogP) is 2.89. The number of anilines is 2. The zero-order valence-electron chi connectivity index (χ0n) is 15.1. The third-order valence-electron chi connectivity index (χ3n) is 5.14. The van der Waals surface area contributed by atoms with Crippen LogP contribution in [0, 0.1) is 5.41 Å². The average molecular weight is 346 g/mol. The number of nitrogens with one attached hydrogen (secondary N) is 1. The van der Waals surface area contributed by atoms with Crippen molar-refractivity contribution in [2.75, 3.05) is 37.0 Å². The fourth-order valence-corrected chi connectivity index (χ4v) is 3.77. The first-order valence-electron chi connectivity index (χ1n) is 8.79. The second-order valence-corrected chi connectivity index (χ2v) is 6.73. The number of amidine groups is 1. The Morgan fingerprint density at radius 3 is 2.12 bits per heavy atom. The molecule has 2 aliphatic heterocycles. The Bertz CT molecular complexity index is 872. The summed E-state index contributed by atoms with van der Waals surface area (Å²) >= 11 is 0. The Labute approximate surface area is 153 Å². The molecule has 5 heteroatoms. The number of Topliss-reactive ketones (excluding diaryl/α,β-unsaturated/α-hetero) is 1. The van der Waals surface area contributed by atoms with Crippen molar-refractivity contribution in [3.8, 4) is 0 Å². The predicted molar refractivity (Wildman–Crippen MR) is 105 cm³/mol. The molecule has 1 saturated heterocycles. The summed E-state index contributed by atoms with van der Waals surface area (Å²) in [5.41, 5.74) is 3.84. The minimum absolute atomic E-state index is 0.0181. The highest BCUT2D eigenvalue weighted by Gasteiger charge is 2.38. The maximum Gasteiger partial charge on any atom is 0.189 e. The molecule has 26 heavy (non-hydrogen) atoms. The molecule has 0 amide bonds. The van der Waals surface area contributed by atoms with Crippen LogP contribution in [-0.4, -0.2) is 43.7 Å². The van der Waals surface area contributed by atoms with Gasteiger partial charge in [-0.1, -0.05) is 42.5 Å². The number of para-hydroxylation sites is 2. The summed E-state index contributed by atoms with van der Waals surface area (Å²) in [5.74, 6) is 1.14. The molecule has 2 aromatic rings.